The van der Waals surface area contributed by atoms with E-state index in [-0.39, 0.29) is 0 Å². The monoisotopic (exact) mass is 407 g/mol. The molecule has 0 radical (unpaired) electrons. The molecule has 1 saturated heterocycles. The standard InChI is InChI=1S/C18H18ClN3O2S2/c1-13-5-7-14(8-6-13)26(23,24)22-11-9-21(10-12-22)18-20-17-15(19)3-2-4-16(17)25-18/h2-8H,9-12H2,1H3. The van der Waals surface area contributed by atoms with Gasteiger partial charge in [-0.25, -0.2) is 13.4 Å². The smallest absolute Gasteiger partial charge is 0.243 e. The molecule has 0 unspecified atom stereocenters. The summed E-state index contributed by atoms with van der Waals surface area (Å²) in [6.45, 7) is 4.06. The number of fused-ring (bicyclic) bond motifs is 1. The molecule has 8 heteroatoms. The van der Waals surface area contributed by atoms with E-state index >= 15 is 0 Å². The molecule has 0 atom stereocenters. The van der Waals surface area contributed by atoms with Crippen LogP contribution >= 0.6 is 22.9 Å². The highest BCUT2D eigenvalue weighted by atomic mass is 35.5. The highest BCUT2D eigenvalue weighted by molar-refractivity contribution is 7.89. The van der Waals surface area contributed by atoms with E-state index in [9.17, 15) is 8.42 Å². The lowest BCUT2D eigenvalue weighted by Crippen LogP contribution is -2.48. The lowest BCUT2D eigenvalue weighted by atomic mass is 10.2. The van der Waals surface area contributed by atoms with Gasteiger partial charge in [-0.3, -0.25) is 0 Å². The van der Waals surface area contributed by atoms with Gasteiger partial charge in [-0.15, -0.1) is 0 Å². The number of para-hydroxylation sites is 1. The molecule has 0 saturated carbocycles. The Labute approximate surface area is 161 Å². The van der Waals surface area contributed by atoms with Crippen LogP contribution in [0.1, 0.15) is 5.56 Å². The van der Waals surface area contributed by atoms with E-state index in [4.69, 9.17) is 11.6 Å². The normalized spacial score (nSPS) is 16.3. The van der Waals surface area contributed by atoms with Crippen LogP contribution in [-0.4, -0.2) is 43.9 Å². The Morgan fingerprint density at radius 1 is 1.04 bits per heavy atom. The van der Waals surface area contributed by atoms with Crippen LogP contribution in [0.25, 0.3) is 10.2 Å². The highest BCUT2D eigenvalue weighted by Gasteiger charge is 2.29. The fraction of sp³-hybridized carbons (Fsp3) is 0.278. The first-order chi connectivity index (χ1) is 12.4. The fourth-order valence-corrected chi connectivity index (χ4v) is 5.76. The first-order valence-corrected chi connectivity index (χ1v) is 11.0. The van der Waals surface area contributed by atoms with Crippen molar-refractivity contribution in [2.75, 3.05) is 31.1 Å². The number of hydrogen-bond acceptors (Lipinski definition) is 5. The molecular formula is C18H18ClN3O2S2. The van der Waals surface area contributed by atoms with Gasteiger partial charge in [0.15, 0.2) is 5.13 Å². The summed E-state index contributed by atoms with van der Waals surface area (Å²) in [6, 6.07) is 12.7. The molecule has 3 aromatic rings. The van der Waals surface area contributed by atoms with Crippen LogP contribution in [-0.2, 0) is 10.0 Å². The highest BCUT2D eigenvalue weighted by Crippen LogP contribution is 2.33. The quantitative estimate of drug-likeness (QED) is 0.663. The minimum atomic E-state index is -3.45. The van der Waals surface area contributed by atoms with Crippen molar-refractivity contribution in [3.05, 3.63) is 53.1 Å². The lowest BCUT2D eigenvalue weighted by molar-refractivity contribution is 0.385. The van der Waals surface area contributed by atoms with Gasteiger partial charge < -0.3 is 4.90 Å². The fourth-order valence-electron chi connectivity index (χ4n) is 3.02. The number of piperazine rings is 1. The Hall–Kier alpha value is -1.67. The number of rotatable bonds is 3. The largest absolute Gasteiger partial charge is 0.345 e. The van der Waals surface area contributed by atoms with Gasteiger partial charge >= 0.3 is 0 Å². The number of thiazole rings is 1. The Balaban J connectivity index is 1.51. The van der Waals surface area contributed by atoms with Gasteiger partial charge in [-0.1, -0.05) is 46.7 Å². The molecule has 1 aliphatic rings. The van der Waals surface area contributed by atoms with E-state index in [1.807, 2.05) is 37.3 Å². The number of hydrogen-bond donors (Lipinski definition) is 0. The zero-order valence-corrected chi connectivity index (χ0v) is 16.6. The van der Waals surface area contributed by atoms with E-state index in [0.717, 1.165) is 20.9 Å². The van der Waals surface area contributed by atoms with E-state index in [1.165, 1.54) is 0 Å². The predicted molar refractivity (Wildman–Crippen MR) is 107 cm³/mol. The van der Waals surface area contributed by atoms with E-state index < -0.39 is 10.0 Å². The van der Waals surface area contributed by atoms with Gasteiger partial charge in [0.2, 0.25) is 10.0 Å². The summed E-state index contributed by atoms with van der Waals surface area (Å²) in [5.41, 5.74) is 1.85. The summed E-state index contributed by atoms with van der Waals surface area (Å²) in [5, 5.41) is 1.53. The average molecular weight is 408 g/mol. The molecule has 0 N–H and O–H groups in total. The minimum Gasteiger partial charge on any atom is -0.345 e. The summed E-state index contributed by atoms with van der Waals surface area (Å²) in [6.07, 6.45) is 0. The zero-order chi connectivity index (χ0) is 18.3. The number of aromatic nitrogens is 1. The molecular weight excluding hydrogens is 390 g/mol. The summed E-state index contributed by atoms with van der Waals surface area (Å²) >= 11 is 7.80. The summed E-state index contributed by atoms with van der Waals surface area (Å²) in [5.74, 6) is 0. The second-order valence-corrected chi connectivity index (χ2v) is 9.64. The maximum Gasteiger partial charge on any atom is 0.243 e. The van der Waals surface area contributed by atoms with Crippen LogP contribution in [0.4, 0.5) is 5.13 Å². The molecule has 136 valence electrons. The summed E-state index contributed by atoms with van der Waals surface area (Å²) in [4.78, 5) is 7.11. The van der Waals surface area contributed by atoms with Gasteiger partial charge in [-0.05, 0) is 31.2 Å². The first kappa shape index (κ1) is 17.7. The SMILES string of the molecule is Cc1ccc(S(=O)(=O)N2CCN(c3nc4c(Cl)cccc4s3)CC2)cc1. The van der Waals surface area contributed by atoms with Crippen molar-refractivity contribution in [1.29, 1.82) is 0 Å². The Kier molecular flexibility index (Phi) is 4.64. The Bertz CT molecular complexity index is 1040. The lowest BCUT2D eigenvalue weighted by Gasteiger charge is -2.33. The van der Waals surface area contributed by atoms with Crippen LogP contribution in [0.5, 0.6) is 0 Å². The van der Waals surface area contributed by atoms with Gasteiger partial charge in [0.1, 0.15) is 5.52 Å². The Morgan fingerprint density at radius 3 is 2.38 bits per heavy atom. The van der Waals surface area contributed by atoms with E-state index in [1.54, 1.807) is 27.8 Å². The van der Waals surface area contributed by atoms with Crippen molar-refractivity contribution in [2.24, 2.45) is 0 Å². The van der Waals surface area contributed by atoms with Crippen molar-refractivity contribution < 1.29 is 8.42 Å². The molecule has 5 nitrogen and oxygen atoms in total. The molecule has 0 spiro atoms. The predicted octanol–water partition coefficient (Wildman–Crippen LogP) is 3.77. The number of sulfonamides is 1. The third-order valence-electron chi connectivity index (χ3n) is 4.53. The molecule has 1 fully saturated rings. The second-order valence-electron chi connectivity index (χ2n) is 6.29. The Morgan fingerprint density at radius 2 is 1.73 bits per heavy atom. The zero-order valence-electron chi connectivity index (χ0n) is 14.2. The topological polar surface area (TPSA) is 53.5 Å². The molecule has 0 bridgehead atoms. The number of aryl methyl sites for hydroxylation is 1. The maximum absolute atomic E-state index is 12.8. The molecule has 1 aromatic heterocycles. The van der Waals surface area contributed by atoms with Crippen LogP contribution in [0, 0.1) is 6.92 Å². The third kappa shape index (κ3) is 3.20. The van der Waals surface area contributed by atoms with Crippen molar-refractivity contribution in [3.63, 3.8) is 0 Å². The van der Waals surface area contributed by atoms with E-state index in [2.05, 4.69) is 9.88 Å². The number of benzene rings is 2. The molecule has 4 rings (SSSR count). The molecule has 1 aliphatic heterocycles. The molecule has 0 aliphatic carbocycles. The molecule has 2 aromatic carbocycles. The number of halogens is 1. The summed E-state index contributed by atoms with van der Waals surface area (Å²) in [7, 11) is -3.45. The van der Waals surface area contributed by atoms with Crippen molar-refractivity contribution >= 4 is 48.3 Å². The van der Waals surface area contributed by atoms with Crippen molar-refractivity contribution in [2.45, 2.75) is 11.8 Å². The molecule has 2 heterocycles. The van der Waals surface area contributed by atoms with Gasteiger partial charge in [0, 0.05) is 26.2 Å². The molecule has 0 amide bonds. The van der Waals surface area contributed by atoms with Crippen LogP contribution < -0.4 is 4.90 Å². The van der Waals surface area contributed by atoms with Crippen molar-refractivity contribution in [1.82, 2.24) is 9.29 Å². The number of anilines is 1. The maximum atomic E-state index is 12.8. The van der Waals surface area contributed by atoms with Crippen LogP contribution in [0.3, 0.4) is 0 Å². The first-order valence-electron chi connectivity index (χ1n) is 8.32. The van der Waals surface area contributed by atoms with Crippen molar-refractivity contribution in [3.8, 4) is 0 Å². The van der Waals surface area contributed by atoms with Gasteiger partial charge in [0.25, 0.3) is 0 Å². The summed E-state index contributed by atoms with van der Waals surface area (Å²) < 4.78 is 28.2. The third-order valence-corrected chi connectivity index (χ3v) is 7.83. The van der Waals surface area contributed by atoms with Crippen LogP contribution in [0.15, 0.2) is 47.4 Å². The van der Waals surface area contributed by atoms with Crippen LogP contribution in [0.2, 0.25) is 5.02 Å². The van der Waals surface area contributed by atoms with Gasteiger partial charge in [0.05, 0.1) is 14.6 Å². The minimum absolute atomic E-state index is 0.350. The number of nitrogens with zero attached hydrogens (tertiary/aromatic N) is 3. The average Bonchev–Trinajstić information content (AvgIpc) is 3.08. The van der Waals surface area contributed by atoms with E-state index in [0.29, 0.717) is 36.1 Å². The van der Waals surface area contributed by atoms with Gasteiger partial charge in [-0.2, -0.15) is 4.31 Å². The molecule has 26 heavy (non-hydrogen) atoms. The second kappa shape index (κ2) is 6.81.